The Kier molecular flexibility index (Phi) is 3.51. The van der Waals surface area contributed by atoms with Crippen LogP contribution in [0, 0.1) is 11.3 Å². The summed E-state index contributed by atoms with van der Waals surface area (Å²) in [4.78, 5) is 0. The Morgan fingerprint density at radius 3 is 2.75 bits per heavy atom. The normalized spacial score (nSPS) is 19.7. The van der Waals surface area contributed by atoms with Crippen molar-refractivity contribution < 1.29 is 5.11 Å². The van der Waals surface area contributed by atoms with Gasteiger partial charge in [-0.2, -0.15) is 5.26 Å². The fourth-order valence-electron chi connectivity index (χ4n) is 1.38. The molecule has 0 atom stereocenters. The zero-order valence-electron chi connectivity index (χ0n) is 7.34. The summed E-state index contributed by atoms with van der Waals surface area (Å²) in [5, 5.41) is 21.1. The number of hydrogen-bond donors (Lipinski definition) is 2. The number of nitrogens with zero attached hydrogens (tertiary/aromatic N) is 1. The van der Waals surface area contributed by atoms with E-state index in [1.54, 1.807) is 0 Å². The Bertz CT molecular complexity index is 170. The zero-order chi connectivity index (χ0) is 8.86. The van der Waals surface area contributed by atoms with Gasteiger partial charge in [0.2, 0.25) is 0 Å². The van der Waals surface area contributed by atoms with Crippen LogP contribution in [0.25, 0.3) is 0 Å². The summed E-state index contributed by atoms with van der Waals surface area (Å²) < 4.78 is 0. The fraction of sp³-hybridized carbons (Fsp3) is 0.889. The summed E-state index contributed by atoms with van der Waals surface area (Å²) in [6.45, 7) is 1.54. The number of unbranched alkanes of at least 4 members (excludes halogenated alkanes) is 1. The molecule has 1 aliphatic carbocycles. The van der Waals surface area contributed by atoms with Gasteiger partial charge < -0.3 is 10.4 Å². The predicted molar refractivity (Wildman–Crippen MR) is 46.5 cm³/mol. The summed E-state index contributed by atoms with van der Waals surface area (Å²) in [6, 6.07) is 2.09. The van der Waals surface area contributed by atoms with Crippen molar-refractivity contribution in [3.63, 3.8) is 0 Å². The Morgan fingerprint density at radius 1 is 1.50 bits per heavy atom. The summed E-state index contributed by atoms with van der Waals surface area (Å²) in [5.41, 5.74) is -0.424. The molecule has 0 aromatic carbocycles. The molecular formula is C9H16N2O. The van der Waals surface area contributed by atoms with Crippen LogP contribution in [-0.2, 0) is 0 Å². The molecule has 68 valence electrons. The van der Waals surface area contributed by atoms with Crippen molar-refractivity contribution in [3.05, 3.63) is 0 Å². The van der Waals surface area contributed by atoms with Gasteiger partial charge >= 0.3 is 0 Å². The van der Waals surface area contributed by atoms with Gasteiger partial charge in [0.25, 0.3) is 0 Å². The standard InChI is InChI=1S/C9H16N2O/c10-6-1-2-7-11-8-9(12)4-3-5-9/h11-12H,1-5,7-8H2. The third kappa shape index (κ3) is 2.80. The van der Waals surface area contributed by atoms with Gasteiger partial charge in [-0.3, -0.25) is 0 Å². The Hall–Kier alpha value is -0.590. The smallest absolute Gasteiger partial charge is 0.0771 e. The van der Waals surface area contributed by atoms with E-state index in [2.05, 4.69) is 11.4 Å². The van der Waals surface area contributed by atoms with Gasteiger partial charge in [-0.15, -0.1) is 0 Å². The first-order chi connectivity index (χ1) is 5.77. The van der Waals surface area contributed by atoms with Gasteiger partial charge in [-0.25, -0.2) is 0 Å². The molecule has 0 aromatic heterocycles. The molecule has 2 N–H and O–H groups in total. The lowest BCUT2D eigenvalue weighted by molar-refractivity contribution is -0.0310. The third-order valence-electron chi connectivity index (χ3n) is 2.38. The van der Waals surface area contributed by atoms with E-state index in [0.29, 0.717) is 13.0 Å². The van der Waals surface area contributed by atoms with Crippen LogP contribution in [0.5, 0.6) is 0 Å². The van der Waals surface area contributed by atoms with Crippen LogP contribution < -0.4 is 5.32 Å². The molecule has 0 amide bonds. The molecule has 0 heterocycles. The highest BCUT2D eigenvalue weighted by atomic mass is 16.3. The molecule has 0 radical (unpaired) electrons. The lowest BCUT2D eigenvalue weighted by Crippen LogP contribution is -2.46. The molecule has 3 heteroatoms. The predicted octanol–water partition coefficient (Wildman–Crippen LogP) is 0.795. The molecule has 0 aromatic rings. The Morgan fingerprint density at radius 2 is 2.25 bits per heavy atom. The molecule has 0 spiro atoms. The first-order valence-electron chi connectivity index (χ1n) is 4.57. The van der Waals surface area contributed by atoms with Crippen molar-refractivity contribution in [3.8, 4) is 6.07 Å². The van der Waals surface area contributed by atoms with E-state index in [9.17, 15) is 5.11 Å². The molecular weight excluding hydrogens is 152 g/mol. The number of aliphatic hydroxyl groups is 1. The molecule has 0 bridgehead atoms. The Balaban J connectivity index is 1.92. The van der Waals surface area contributed by atoms with Crippen molar-refractivity contribution in [1.82, 2.24) is 5.32 Å². The van der Waals surface area contributed by atoms with Gasteiger partial charge in [0.1, 0.15) is 0 Å². The number of hydrogen-bond acceptors (Lipinski definition) is 3. The van der Waals surface area contributed by atoms with Crippen LogP contribution in [0.4, 0.5) is 0 Å². The monoisotopic (exact) mass is 168 g/mol. The Labute approximate surface area is 73.4 Å². The second kappa shape index (κ2) is 4.44. The summed E-state index contributed by atoms with van der Waals surface area (Å²) in [7, 11) is 0. The third-order valence-corrected chi connectivity index (χ3v) is 2.38. The maximum atomic E-state index is 9.64. The van der Waals surface area contributed by atoms with Crippen molar-refractivity contribution in [1.29, 1.82) is 5.26 Å². The van der Waals surface area contributed by atoms with Crippen molar-refractivity contribution >= 4 is 0 Å². The zero-order valence-corrected chi connectivity index (χ0v) is 7.34. The van der Waals surface area contributed by atoms with E-state index in [0.717, 1.165) is 32.2 Å². The van der Waals surface area contributed by atoms with E-state index in [1.807, 2.05) is 0 Å². The molecule has 12 heavy (non-hydrogen) atoms. The van der Waals surface area contributed by atoms with Crippen molar-refractivity contribution in [2.24, 2.45) is 0 Å². The number of rotatable bonds is 5. The average molecular weight is 168 g/mol. The van der Waals surface area contributed by atoms with Crippen LogP contribution in [0.15, 0.2) is 0 Å². The molecule has 1 rings (SSSR count). The van der Waals surface area contributed by atoms with E-state index in [1.165, 1.54) is 0 Å². The highest BCUT2D eigenvalue weighted by Gasteiger charge is 2.33. The minimum absolute atomic E-state index is 0.424. The minimum atomic E-state index is -0.424. The quantitative estimate of drug-likeness (QED) is 0.597. The van der Waals surface area contributed by atoms with E-state index in [4.69, 9.17) is 5.26 Å². The van der Waals surface area contributed by atoms with Crippen molar-refractivity contribution in [2.75, 3.05) is 13.1 Å². The largest absolute Gasteiger partial charge is 0.389 e. The van der Waals surface area contributed by atoms with Crippen LogP contribution in [0.1, 0.15) is 32.1 Å². The summed E-state index contributed by atoms with van der Waals surface area (Å²) in [6.07, 6.45) is 4.49. The molecule has 1 saturated carbocycles. The lowest BCUT2D eigenvalue weighted by atomic mass is 9.80. The minimum Gasteiger partial charge on any atom is -0.389 e. The van der Waals surface area contributed by atoms with Gasteiger partial charge in [0, 0.05) is 13.0 Å². The van der Waals surface area contributed by atoms with Gasteiger partial charge in [-0.1, -0.05) is 0 Å². The number of nitriles is 1. The summed E-state index contributed by atoms with van der Waals surface area (Å²) >= 11 is 0. The lowest BCUT2D eigenvalue weighted by Gasteiger charge is -2.36. The maximum absolute atomic E-state index is 9.64. The second-order valence-corrected chi connectivity index (χ2v) is 3.52. The first-order valence-corrected chi connectivity index (χ1v) is 4.57. The van der Waals surface area contributed by atoms with E-state index in [-0.39, 0.29) is 0 Å². The van der Waals surface area contributed by atoms with Crippen LogP contribution in [0.3, 0.4) is 0 Å². The fourth-order valence-corrected chi connectivity index (χ4v) is 1.38. The molecule has 0 unspecified atom stereocenters. The molecule has 0 saturated heterocycles. The van der Waals surface area contributed by atoms with Crippen molar-refractivity contribution in [2.45, 2.75) is 37.7 Å². The highest BCUT2D eigenvalue weighted by Crippen LogP contribution is 2.30. The molecule has 1 fully saturated rings. The second-order valence-electron chi connectivity index (χ2n) is 3.52. The SMILES string of the molecule is N#CCCCNCC1(O)CCC1. The summed E-state index contributed by atoms with van der Waals surface area (Å²) in [5.74, 6) is 0. The molecule has 0 aliphatic heterocycles. The number of nitrogens with one attached hydrogen (secondary N) is 1. The van der Waals surface area contributed by atoms with Gasteiger partial charge in [-0.05, 0) is 32.2 Å². The first kappa shape index (κ1) is 9.50. The highest BCUT2D eigenvalue weighted by molar-refractivity contribution is 4.89. The van der Waals surface area contributed by atoms with Gasteiger partial charge in [0.15, 0.2) is 0 Å². The maximum Gasteiger partial charge on any atom is 0.0771 e. The average Bonchev–Trinajstić information content (AvgIpc) is 2.01. The van der Waals surface area contributed by atoms with E-state index < -0.39 is 5.60 Å². The van der Waals surface area contributed by atoms with Crippen LogP contribution in [-0.4, -0.2) is 23.8 Å². The van der Waals surface area contributed by atoms with E-state index >= 15 is 0 Å². The van der Waals surface area contributed by atoms with Gasteiger partial charge in [0.05, 0.1) is 11.7 Å². The topological polar surface area (TPSA) is 56.0 Å². The van der Waals surface area contributed by atoms with Crippen LogP contribution in [0.2, 0.25) is 0 Å². The van der Waals surface area contributed by atoms with Crippen LogP contribution >= 0.6 is 0 Å². The molecule has 1 aliphatic rings. The molecule has 3 nitrogen and oxygen atoms in total.